The van der Waals surface area contributed by atoms with E-state index in [1.807, 2.05) is 53.5 Å². The third kappa shape index (κ3) is 3.08. The van der Waals surface area contributed by atoms with E-state index >= 15 is 0 Å². The first-order valence-electron chi connectivity index (χ1n) is 7.27. The zero-order chi connectivity index (χ0) is 13.8. The zero-order valence-corrected chi connectivity index (χ0v) is 11.6. The molecule has 106 valence electrons. The van der Waals surface area contributed by atoms with Gasteiger partial charge in [0.05, 0.1) is 12.6 Å². The first-order valence-corrected chi connectivity index (χ1v) is 7.27. The van der Waals surface area contributed by atoms with E-state index in [4.69, 9.17) is 0 Å². The maximum Gasteiger partial charge on any atom is 0.0917 e. The summed E-state index contributed by atoms with van der Waals surface area (Å²) in [7, 11) is 0. The normalized spacial score (nSPS) is 21.1. The van der Waals surface area contributed by atoms with Gasteiger partial charge in [-0.2, -0.15) is 5.10 Å². The SMILES string of the molecule is OC(CN1CCCC1Cn1cccn1)c1ccccc1. The standard InChI is InChI=1S/C16H21N3O/c20-16(14-6-2-1-3-7-14)13-18-10-4-8-15(18)12-19-11-5-9-17-19/h1-3,5-7,9,11,15-16,20H,4,8,10,12-13H2. The topological polar surface area (TPSA) is 41.3 Å². The van der Waals surface area contributed by atoms with Crippen LogP contribution in [0.4, 0.5) is 0 Å². The van der Waals surface area contributed by atoms with E-state index in [0.717, 1.165) is 18.7 Å². The fraction of sp³-hybridized carbons (Fsp3) is 0.438. The van der Waals surface area contributed by atoms with Gasteiger partial charge in [0, 0.05) is 25.0 Å². The lowest BCUT2D eigenvalue weighted by Gasteiger charge is -2.27. The van der Waals surface area contributed by atoms with Gasteiger partial charge in [0.1, 0.15) is 0 Å². The molecule has 3 rings (SSSR count). The van der Waals surface area contributed by atoms with Gasteiger partial charge in [-0.05, 0) is 31.0 Å². The third-order valence-corrected chi connectivity index (χ3v) is 4.05. The summed E-state index contributed by atoms with van der Waals surface area (Å²) in [5, 5.41) is 14.6. The molecule has 20 heavy (non-hydrogen) atoms. The van der Waals surface area contributed by atoms with Gasteiger partial charge < -0.3 is 5.11 Å². The molecule has 4 heteroatoms. The second kappa shape index (κ2) is 6.20. The molecule has 1 fully saturated rings. The summed E-state index contributed by atoms with van der Waals surface area (Å²) >= 11 is 0. The third-order valence-electron chi connectivity index (χ3n) is 4.05. The summed E-state index contributed by atoms with van der Waals surface area (Å²) in [6, 6.07) is 12.3. The van der Waals surface area contributed by atoms with Gasteiger partial charge in [0.25, 0.3) is 0 Å². The van der Waals surface area contributed by atoms with Crippen LogP contribution in [-0.2, 0) is 6.54 Å². The number of aliphatic hydroxyl groups is 1. The molecule has 1 saturated heterocycles. The first-order chi connectivity index (χ1) is 9.83. The number of benzene rings is 1. The predicted molar refractivity (Wildman–Crippen MR) is 78.2 cm³/mol. The van der Waals surface area contributed by atoms with Crippen molar-refractivity contribution >= 4 is 0 Å². The average Bonchev–Trinajstić information content (AvgIpc) is 3.13. The molecule has 1 aromatic carbocycles. The minimum Gasteiger partial charge on any atom is -0.387 e. The Labute approximate surface area is 119 Å². The van der Waals surface area contributed by atoms with E-state index in [1.165, 1.54) is 12.8 Å². The average molecular weight is 271 g/mol. The van der Waals surface area contributed by atoms with Crippen LogP contribution in [-0.4, -0.2) is 38.9 Å². The van der Waals surface area contributed by atoms with Crippen LogP contribution >= 0.6 is 0 Å². The van der Waals surface area contributed by atoms with Gasteiger partial charge in [0.2, 0.25) is 0 Å². The molecule has 0 bridgehead atoms. The van der Waals surface area contributed by atoms with Gasteiger partial charge in [-0.15, -0.1) is 0 Å². The van der Waals surface area contributed by atoms with Crippen molar-refractivity contribution in [2.75, 3.05) is 13.1 Å². The maximum atomic E-state index is 10.4. The molecule has 4 nitrogen and oxygen atoms in total. The van der Waals surface area contributed by atoms with E-state index in [2.05, 4.69) is 10.00 Å². The molecule has 2 aromatic rings. The van der Waals surface area contributed by atoms with Crippen molar-refractivity contribution in [1.82, 2.24) is 14.7 Å². The highest BCUT2D eigenvalue weighted by atomic mass is 16.3. The van der Waals surface area contributed by atoms with Crippen molar-refractivity contribution < 1.29 is 5.11 Å². The highest BCUT2D eigenvalue weighted by Crippen LogP contribution is 2.22. The van der Waals surface area contributed by atoms with Gasteiger partial charge >= 0.3 is 0 Å². The van der Waals surface area contributed by atoms with Crippen LogP contribution in [0.3, 0.4) is 0 Å². The molecule has 1 aromatic heterocycles. The monoisotopic (exact) mass is 271 g/mol. The molecule has 0 aliphatic carbocycles. The molecular formula is C16H21N3O. The van der Waals surface area contributed by atoms with E-state index in [-0.39, 0.29) is 0 Å². The lowest BCUT2D eigenvalue weighted by molar-refractivity contribution is 0.100. The summed E-state index contributed by atoms with van der Waals surface area (Å²) in [4.78, 5) is 2.39. The van der Waals surface area contributed by atoms with Crippen molar-refractivity contribution in [2.45, 2.75) is 31.5 Å². The quantitative estimate of drug-likeness (QED) is 0.905. The Morgan fingerprint density at radius 2 is 2.10 bits per heavy atom. The largest absolute Gasteiger partial charge is 0.387 e. The van der Waals surface area contributed by atoms with E-state index in [9.17, 15) is 5.11 Å². The van der Waals surface area contributed by atoms with Crippen molar-refractivity contribution in [3.05, 3.63) is 54.4 Å². The number of likely N-dealkylation sites (tertiary alicyclic amines) is 1. The van der Waals surface area contributed by atoms with Gasteiger partial charge in [-0.3, -0.25) is 9.58 Å². The molecule has 2 atom stereocenters. The van der Waals surface area contributed by atoms with Crippen LogP contribution < -0.4 is 0 Å². The number of rotatable bonds is 5. The van der Waals surface area contributed by atoms with Gasteiger partial charge in [-0.25, -0.2) is 0 Å². The molecule has 1 aliphatic rings. The van der Waals surface area contributed by atoms with Crippen LogP contribution in [0, 0.1) is 0 Å². The number of hydrogen-bond acceptors (Lipinski definition) is 3. The van der Waals surface area contributed by atoms with Gasteiger partial charge in [-0.1, -0.05) is 30.3 Å². The fourth-order valence-electron chi connectivity index (χ4n) is 2.97. The van der Waals surface area contributed by atoms with Gasteiger partial charge in [0.15, 0.2) is 0 Å². The van der Waals surface area contributed by atoms with Crippen LogP contribution in [0.15, 0.2) is 48.8 Å². The smallest absolute Gasteiger partial charge is 0.0917 e. The van der Waals surface area contributed by atoms with E-state index < -0.39 is 6.10 Å². The fourth-order valence-corrected chi connectivity index (χ4v) is 2.97. The van der Waals surface area contributed by atoms with E-state index in [1.54, 1.807) is 0 Å². The summed E-state index contributed by atoms with van der Waals surface area (Å²) in [5.41, 5.74) is 0.997. The van der Waals surface area contributed by atoms with E-state index in [0.29, 0.717) is 12.6 Å². The second-order valence-electron chi connectivity index (χ2n) is 5.45. The molecule has 2 unspecified atom stereocenters. The molecule has 1 aliphatic heterocycles. The molecule has 2 heterocycles. The second-order valence-corrected chi connectivity index (χ2v) is 5.45. The summed E-state index contributed by atoms with van der Waals surface area (Å²) in [6.45, 7) is 2.68. The molecule has 0 radical (unpaired) electrons. The Kier molecular flexibility index (Phi) is 4.14. The highest BCUT2D eigenvalue weighted by molar-refractivity contribution is 5.17. The molecule has 0 amide bonds. The number of aromatic nitrogens is 2. The lowest BCUT2D eigenvalue weighted by Crippen LogP contribution is -2.36. The predicted octanol–water partition coefficient (Wildman–Crippen LogP) is 2.08. The number of aliphatic hydroxyl groups excluding tert-OH is 1. The summed E-state index contributed by atoms with van der Waals surface area (Å²) in [5.74, 6) is 0. The lowest BCUT2D eigenvalue weighted by atomic mass is 10.1. The zero-order valence-electron chi connectivity index (χ0n) is 11.6. The molecule has 1 N–H and O–H groups in total. The minimum absolute atomic E-state index is 0.408. The van der Waals surface area contributed by atoms with Crippen molar-refractivity contribution in [3.8, 4) is 0 Å². The van der Waals surface area contributed by atoms with Crippen LogP contribution in [0.5, 0.6) is 0 Å². The molecule has 0 saturated carbocycles. The highest BCUT2D eigenvalue weighted by Gasteiger charge is 2.26. The van der Waals surface area contributed by atoms with Crippen molar-refractivity contribution in [1.29, 1.82) is 0 Å². The number of β-amino-alcohol motifs (C(OH)–C–C–N with tert-alkyl or cyclic N) is 1. The van der Waals surface area contributed by atoms with Crippen molar-refractivity contribution in [2.24, 2.45) is 0 Å². The summed E-state index contributed by atoms with van der Waals surface area (Å²) in [6.07, 6.45) is 5.80. The first kappa shape index (κ1) is 13.3. The number of nitrogens with zero attached hydrogens (tertiary/aromatic N) is 3. The molecule has 0 spiro atoms. The van der Waals surface area contributed by atoms with Crippen molar-refractivity contribution in [3.63, 3.8) is 0 Å². The molecular weight excluding hydrogens is 250 g/mol. The Hall–Kier alpha value is -1.65. The minimum atomic E-state index is -0.408. The van der Waals surface area contributed by atoms with Crippen LogP contribution in [0.2, 0.25) is 0 Å². The maximum absolute atomic E-state index is 10.4. The van der Waals surface area contributed by atoms with Crippen LogP contribution in [0.25, 0.3) is 0 Å². The summed E-state index contributed by atoms with van der Waals surface area (Å²) < 4.78 is 1.98. The Bertz CT molecular complexity index is 512. The number of hydrogen-bond donors (Lipinski definition) is 1. The Morgan fingerprint density at radius 1 is 1.25 bits per heavy atom. The Balaban J connectivity index is 1.61. The Morgan fingerprint density at radius 3 is 2.85 bits per heavy atom. The van der Waals surface area contributed by atoms with Crippen LogP contribution in [0.1, 0.15) is 24.5 Å².